The van der Waals surface area contributed by atoms with Crippen molar-refractivity contribution in [3.8, 4) is 11.3 Å². The second-order valence-electron chi connectivity index (χ2n) is 7.00. The van der Waals surface area contributed by atoms with Crippen LogP contribution in [0.25, 0.3) is 11.3 Å². The molecule has 0 amide bonds. The number of hydrogen-bond donors (Lipinski definition) is 1. The van der Waals surface area contributed by atoms with Crippen molar-refractivity contribution in [2.45, 2.75) is 13.3 Å². The van der Waals surface area contributed by atoms with Crippen molar-refractivity contribution in [2.75, 3.05) is 35.3 Å². The zero-order valence-corrected chi connectivity index (χ0v) is 16.3. The zero-order chi connectivity index (χ0) is 19.5. The molecular weight excluding hydrogens is 348 g/mol. The van der Waals surface area contributed by atoms with E-state index in [9.17, 15) is 0 Å². The minimum absolute atomic E-state index is 0.668. The number of fused-ring (bicyclic) bond motifs is 1. The molecule has 3 aromatic rings. The molecule has 2 aromatic heterocycles. The van der Waals surface area contributed by atoms with Crippen molar-refractivity contribution in [3.63, 3.8) is 0 Å². The van der Waals surface area contributed by atoms with Crippen LogP contribution in [-0.2, 0) is 0 Å². The number of rotatable bonds is 4. The highest BCUT2D eigenvalue weighted by Gasteiger charge is 2.23. The van der Waals surface area contributed by atoms with Crippen LogP contribution in [0, 0.1) is 6.92 Å². The lowest BCUT2D eigenvalue weighted by Crippen LogP contribution is -2.28. The average Bonchev–Trinajstić information content (AvgIpc) is 2.87. The number of anilines is 3. The molecule has 0 fully saturated rings. The first-order valence-electron chi connectivity index (χ1n) is 9.40. The summed E-state index contributed by atoms with van der Waals surface area (Å²) in [4.78, 5) is 17.8. The van der Waals surface area contributed by atoms with Crippen LogP contribution in [0.15, 0.2) is 67.4 Å². The van der Waals surface area contributed by atoms with E-state index in [1.165, 1.54) is 5.56 Å². The van der Waals surface area contributed by atoms with E-state index in [2.05, 4.69) is 82.0 Å². The summed E-state index contributed by atoms with van der Waals surface area (Å²) >= 11 is 0. The molecule has 6 nitrogen and oxygen atoms in total. The van der Waals surface area contributed by atoms with Crippen LogP contribution in [0.2, 0.25) is 0 Å². The number of nitrogens with one attached hydrogen (secondary N) is 1. The molecule has 0 spiro atoms. The Hall–Kier alpha value is -3.41. The Morgan fingerprint density at radius 1 is 1.14 bits per heavy atom. The van der Waals surface area contributed by atoms with Gasteiger partial charge in [-0.25, -0.2) is 9.97 Å². The maximum absolute atomic E-state index is 5.03. The minimum atomic E-state index is 0.668. The highest BCUT2D eigenvalue weighted by atomic mass is 15.3. The SMILES string of the molecule is C=C(Nc1cnccn1)N1CCCN(C)c2ccc(-c3cccc(C)c3)nc21. The smallest absolute Gasteiger partial charge is 0.158 e. The van der Waals surface area contributed by atoms with E-state index in [-0.39, 0.29) is 0 Å². The van der Waals surface area contributed by atoms with Crippen molar-refractivity contribution in [3.05, 3.63) is 73.0 Å². The molecule has 0 bridgehead atoms. The quantitative estimate of drug-likeness (QED) is 0.745. The third-order valence-electron chi connectivity index (χ3n) is 4.87. The number of aryl methyl sites for hydroxylation is 1. The summed E-state index contributed by atoms with van der Waals surface area (Å²) in [6, 6.07) is 12.7. The molecule has 0 saturated carbocycles. The van der Waals surface area contributed by atoms with Gasteiger partial charge in [0, 0.05) is 38.1 Å². The fourth-order valence-corrected chi connectivity index (χ4v) is 3.44. The maximum Gasteiger partial charge on any atom is 0.158 e. The van der Waals surface area contributed by atoms with E-state index >= 15 is 0 Å². The molecule has 142 valence electrons. The standard InChI is InChI=1S/C22H24N6/c1-16-6-4-7-18(14-16)19-8-9-20-22(26-19)28(13-5-12-27(20)3)17(2)25-21-15-23-10-11-24-21/h4,6-11,14-15H,2,5,12-13H2,1,3H3,(H,24,25). The lowest BCUT2D eigenvalue weighted by molar-refractivity contribution is 0.789. The van der Waals surface area contributed by atoms with Gasteiger partial charge >= 0.3 is 0 Å². The Labute approximate surface area is 165 Å². The minimum Gasteiger partial charge on any atom is -0.372 e. The fourth-order valence-electron chi connectivity index (χ4n) is 3.44. The van der Waals surface area contributed by atoms with Crippen LogP contribution < -0.4 is 15.1 Å². The van der Waals surface area contributed by atoms with Crippen molar-refractivity contribution in [1.82, 2.24) is 15.0 Å². The van der Waals surface area contributed by atoms with Gasteiger partial charge in [0.2, 0.25) is 0 Å². The van der Waals surface area contributed by atoms with Crippen molar-refractivity contribution < 1.29 is 0 Å². The Morgan fingerprint density at radius 3 is 2.82 bits per heavy atom. The lowest BCUT2D eigenvalue weighted by atomic mass is 10.1. The number of hydrogen-bond acceptors (Lipinski definition) is 6. The first kappa shape index (κ1) is 18.0. The van der Waals surface area contributed by atoms with Gasteiger partial charge in [0.05, 0.1) is 17.6 Å². The highest BCUT2D eigenvalue weighted by Crippen LogP contribution is 2.34. The van der Waals surface area contributed by atoms with Gasteiger partial charge in [-0.3, -0.25) is 4.98 Å². The van der Waals surface area contributed by atoms with Gasteiger partial charge < -0.3 is 15.1 Å². The Morgan fingerprint density at radius 2 is 2.04 bits per heavy atom. The summed E-state index contributed by atoms with van der Waals surface area (Å²) in [7, 11) is 2.11. The van der Waals surface area contributed by atoms with Gasteiger partial charge in [-0.1, -0.05) is 30.3 Å². The van der Waals surface area contributed by atoms with Crippen LogP contribution in [0.3, 0.4) is 0 Å². The third-order valence-corrected chi connectivity index (χ3v) is 4.87. The van der Waals surface area contributed by atoms with Crippen LogP contribution in [0.4, 0.5) is 17.3 Å². The summed E-state index contributed by atoms with van der Waals surface area (Å²) in [5.41, 5.74) is 4.38. The summed E-state index contributed by atoms with van der Waals surface area (Å²) in [6.45, 7) is 8.13. The molecule has 28 heavy (non-hydrogen) atoms. The average molecular weight is 372 g/mol. The van der Waals surface area contributed by atoms with Gasteiger partial charge in [0.15, 0.2) is 5.82 Å². The zero-order valence-electron chi connectivity index (χ0n) is 16.3. The number of nitrogens with zero attached hydrogens (tertiary/aromatic N) is 5. The number of benzene rings is 1. The first-order valence-corrected chi connectivity index (χ1v) is 9.40. The van der Waals surface area contributed by atoms with E-state index in [4.69, 9.17) is 4.98 Å². The summed E-state index contributed by atoms with van der Waals surface area (Å²) < 4.78 is 0. The molecule has 1 N–H and O–H groups in total. The van der Waals surface area contributed by atoms with E-state index in [1.807, 2.05) is 0 Å². The second kappa shape index (κ2) is 7.68. The first-order chi connectivity index (χ1) is 13.6. The molecule has 0 saturated heterocycles. The molecule has 1 aliphatic rings. The Balaban J connectivity index is 1.72. The number of aromatic nitrogens is 3. The third kappa shape index (κ3) is 3.67. The Bertz CT molecular complexity index is 985. The van der Waals surface area contributed by atoms with Gasteiger partial charge in [-0.2, -0.15) is 0 Å². The maximum atomic E-state index is 5.03. The van der Waals surface area contributed by atoms with Crippen molar-refractivity contribution >= 4 is 17.3 Å². The molecule has 1 aliphatic heterocycles. The molecular formula is C22H24N6. The van der Waals surface area contributed by atoms with Crippen LogP contribution in [-0.4, -0.2) is 35.1 Å². The molecule has 3 heterocycles. The predicted molar refractivity (Wildman–Crippen MR) is 114 cm³/mol. The van der Waals surface area contributed by atoms with Gasteiger partial charge in [-0.05, 0) is 31.5 Å². The topological polar surface area (TPSA) is 57.2 Å². The fraction of sp³-hybridized carbons (Fsp3) is 0.227. The normalized spacial score (nSPS) is 13.6. The predicted octanol–water partition coefficient (Wildman–Crippen LogP) is 4.08. The van der Waals surface area contributed by atoms with Gasteiger partial charge in [0.25, 0.3) is 0 Å². The molecule has 6 heteroatoms. The largest absolute Gasteiger partial charge is 0.372 e. The van der Waals surface area contributed by atoms with Crippen LogP contribution in [0.1, 0.15) is 12.0 Å². The van der Waals surface area contributed by atoms with Crippen molar-refractivity contribution in [2.24, 2.45) is 0 Å². The number of pyridine rings is 1. The monoisotopic (exact) mass is 372 g/mol. The van der Waals surface area contributed by atoms with Gasteiger partial charge in [-0.15, -0.1) is 0 Å². The summed E-state index contributed by atoms with van der Waals surface area (Å²) in [5.74, 6) is 2.31. The summed E-state index contributed by atoms with van der Waals surface area (Å²) in [6.07, 6.45) is 6.01. The second-order valence-corrected chi connectivity index (χ2v) is 7.00. The summed E-state index contributed by atoms with van der Waals surface area (Å²) in [5, 5.41) is 3.26. The van der Waals surface area contributed by atoms with Crippen LogP contribution in [0.5, 0.6) is 0 Å². The van der Waals surface area contributed by atoms with Crippen LogP contribution >= 0.6 is 0 Å². The molecule has 1 aromatic carbocycles. The molecule has 4 rings (SSSR count). The molecule has 0 unspecified atom stereocenters. The van der Waals surface area contributed by atoms with E-state index in [0.29, 0.717) is 5.82 Å². The Kier molecular flexibility index (Phi) is 4.93. The van der Waals surface area contributed by atoms with Crippen molar-refractivity contribution in [1.29, 1.82) is 0 Å². The molecule has 0 atom stereocenters. The molecule has 0 aliphatic carbocycles. The lowest BCUT2D eigenvalue weighted by Gasteiger charge is -2.27. The van der Waals surface area contributed by atoms with Gasteiger partial charge in [0.1, 0.15) is 11.6 Å². The highest BCUT2D eigenvalue weighted by molar-refractivity contribution is 5.75. The molecule has 0 radical (unpaired) electrons. The van der Waals surface area contributed by atoms with E-state index < -0.39 is 0 Å². The van der Waals surface area contributed by atoms with E-state index in [0.717, 1.165) is 48.1 Å². The van der Waals surface area contributed by atoms with E-state index in [1.54, 1.807) is 18.6 Å².